The van der Waals surface area contributed by atoms with Crippen LogP contribution in [-0.2, 0) is 11.3 Å². The van der Waals surface area contributed by atoms with E-state index in [4.69, 9.17) is 4.74 Å². The van der Waals surface area contributed by atoms with Gasteiger partial charge in [-0.15, -0.1) is 0 Å². The number of nitrogens with zero attached hydrogens (tertiary/aromatic N) is 1. The van der Waals surface area contributed by atoms with E-state index in [9.17, 15) is 4.79 Å². The number of hydrogen-bond acceptors (Lipinski definition) is 3. The average Bonchev–Trinajstić information content (AvgIpc) is 2.53. The van der Waals surface area contributed by atoms with Crippen LogP contribution in [0.5, 0.6) is 0 Å². The van der Waals surface area contributed by atoms with Gasteiger partial charge in [-0.2, -0.15) is 0 Å². The van der Waals surface area contributed by atoms with Crippen molar-refractivity contribution in [3.05, 3.63) is 58.5 Å². The predicted octanol–water partition coefficient (Wildman–Crippen LogP) is 2.44. The lowest BCUT2D eigenvalue weighted by Gasteiger charge is -2.11. The van der Waals surface area contributed by atoms with Crippen LogP contribution in [0.4, 0.5) is 0 Å². The van der Waals surface area contributed by atoms with Crippen LogP contribution in [0.15, 0.2) is 47.4 Å². The van der Waals surface area contributed by atoms with E-state index in [-0.39, 0.29) is 5.56 Å². The highest BCUT2D eigenvalue weighted by atomic mass is 16.5. The van der Waals surface area contributed by atoms with Gasteiger partial charge in [0.2, 0.25) is 0 Å². The highest BCUT2D eigenvalue weighted by Gasteiger charge is 2.04. The van der Waals surface area contributed by atoms with E-state index in [1.54, 1.807) is 17.7 Å². The summed E-state index contributed by atoms with van der Waals surface area (Å²) in [6.07, 6.45) is 1.82. The van der Waals surface area contributed by atoms with Crippen molar-refractivity contribution in [2.45, 2.75) is 19.5 Å². The smallest absolute Gasteiger partial charge is 0.251 e. The summed E-state index contributed by atoms with van der Waals surface area (Å²) in [4.78, 5) is 12.0. The Balaban J connectivity index is 2.22. The number of methoxy groups -OCH3 is 1. The highest BCUT2D eigenvalue weighted by molar-refractivity contribution is 5.63. The number of pyridine rings is 1. The third-order valence-electron chi connectivity index (χ3n) is 3.71. The van der Waals surface area contributed by atoms with Crippen molar-refractivity contribution in [3.8, 4) is 11.1 Å². The van der Waals surface area contributed by atoms with Crippen LogP contribution in [0.2, 0.25) is 0 Å². The maximum absolute atomic E-state index is 12.0. The summed E-state index contributed by atoms with van der Waals surface area (Å²) < 4.78 is 6.65. The van der Waals surface area contributed by atoms with E-state index in [1.165, 1.54) is 5.56 Å². The summed E-state index contributed by atoms with van der Waals surface area (Å²) in [5.41, 5.74) is 3.22. The number of nitrogens with one attached hydrogen (secondary N) is 1. The van der Waals surface area contributed by atoms with Crippen molar-refractivity contribution in [3.63, 3.8) is 0 Å². The van der Waals surface area contributed by atoms with Gasteiger partial charge in [0.15, 0.2) is 0 Å². The Kier molecular flexibility index (Phi) is 5.31. The molecule has 0 aliphatic rings. The van der Waals surface area contributed by atoms with E-state index in [1.807, 2.05) is 19.3 Å². The molecule has 112 valence electrons. The molecule has 2 aromatic rings. The fourth-order valence-corrected chi connectivity index (χ4v) is 2.19. The van der Waals surface area contributed by atoms with E-state index in [0.717, 1.165) is 11.1 Å². The van der Waals surface area contributed by atoms with Gasteiger partial charge < -0.3 is 14.6 Å². The van der Waals surface area contributed by atoms with Crippen molar-refractivity contribution in [2.24, 2.45) is 0 Å². The van der Waals surface area contributed by atoms with Gasteiger partial charge in [0, 0.05) is 32.0 Å². The lowest BCUT2D eigenvalue weighted by molar-refractivity contribution is 0.186. The maximum atomic E-state index is 12.0. The van der Waals surface area contributed by atoms with Crippen LogP contribution in [0.25, 0.3) is 11.1 Å². The number of aromatic nitrogens is 1. The number of ether oxygens (including phenoxy) is 1. The molecule has 1 atom stereocenters. The standard InChI is InChI=1S/C17H22N2O2/c1-13(18-2)14-4-6-15(7-5-14)16-8-9-19(10-11-21-3)17(20)12-16/h4-9,12-13,18H,10-11H2,1-3H3. The average molecular weight is 286 g/mol. The topological polar surface area (TPSA) is 43.3 Å². The molecule has 0 aliphatic carbocycles. The Bertz CT molecular complexity index is 632. The molecule has 0 saturated carbocycles. The lowest BCUT2D eigenvalue weighted by atomic mass is 10.0. The van der Waals surface area contributed by atoms with Crippen LogP contribution in [-0.4, -0.2) is 25.3 Å². The van der Waals surface area contributed by atoms with Gasteiger partial charge >= 0.3 is 0 Å². The van der Waals surface area contributed by atoms with Gasteiger partial charge in [0.25, 0.3) is 5.56 Å². The Morgan fingerprint density at radius 3 is 2.48 bits per heavy atom. The molecule has 0 fully saturated rings. The molecule has 0 aliphatic heterocycles. The summed E-state index contributed by atoms with van der Waals surface area (Å²) in [6, 6.07) is 12.2. The van der Waals surface area contributed by atoms with Gasteiger partial charge in [-0.3, -0.25) is 4.79 Å². The first-order valence-corrected chi connectivity index (χ1v) is 7.12. The Morgan fingerprint density at radius 2 is 1.90 bits per heavy atom. The molecular weight excluding hydrogens is 264 g/mol. The van der Waals surface area contributed by atoms with Crippen LogP contribution < -0.4 is 10.9 Å². The molecule has 1 heterocycles. The maximum Gasteiger partial charge on any atom is 0.251 e. The minimum atomic E-state index is -0.00257. The summed E-state index contributed by atoms with van der Waals surface area (Å²) >= 11 is 0. The van der Waals surface area contributed by atoms with Crippen molar-refractivity contribution in [2.75, 3.05) is 20.8 Å². The molecule has 0 spiro atoms. The summed E-state index contributed by atoms with van der Waals surface area (Å²) in [7, 11) is 3.57. The molecule has 4 nitrogen and oxygen atoms in total. The molecule has 0 amide bonds. The van der Waals surface area contributed by atoms with E-state index in [2.05, 4.69) is 36.5 Å². The third-order valence-corrected chi connectivity index (χ3v) is 3.71. The van der Waals surface area contributed by atoms with Crippen LogP contribution in [0.1, 0.15) is 18.5 Å². The number of hydrogen-bond donors (Lipinski definition) is 1. The van der Waals surface area contributed by atoms with Gasteiger partial charge in [-0.1, -0.05) is 24.3 Å². The van der Waals surface area contributed by atoms with Gasteiger partial charge in [0.05, 0.1) is 6.61 Å². The predicted molar refractivity (Wildman–Crippen MR) is 85.5 cm³/mol. The summed E-state index contributed by atoms with van der Waals surface area (Å²) in [5, 5.41) is 3.21. The van der Waals surface area contributed by atoms with Gasteiger partial charge in [-0.05, 0) is 36.7 Å². The van der Waals surface area contributed by atoms with E-state index in [0.29, 0.717) is 19.2 Å². The fraction of sp³-hybridized carbons (Fsp3) is 0.353. The van der Waals surface area contributed by atoms with Crippen LogP contribution in [0, 0.1) is 0 Å². The Morgan fingerprint density at radius 1 is 1.19 bits per heavy atom. The molecule has 0 saturated heterocycles. The zero-order chi connectivity index (χ0) is 15.2. The van der Waals surface area contributed by atoms with Crippen molar-refractivity contribution in [1.82, 2.24) is 9.88 Å². The summed E-state index contributed by atoms with van der Waals surface area (Å²) in [5.74, 6) is 0. The molecule has 21 heavy (non-hydrogen) atoms. The zero-order valence-corrected chi connectivity index (χ0v) is 12.8. The zero-order valence-electron chi connectivity index (χ0n) is 12.8. The molecule has 1 N–H and O–H groups in total. The quantitative estimate of drug-likeness (QED) is 0.887. The molecular formula is C17H22N2O2. The second-order valence-corrected chi connectivity index (χ2v) is 5.07. The summed E-state index contributed by atoms with van der Waals surface area (Å²) in [6.45, 7) is 3.23. The number of rotatable bonds is 6. The molecule has 1 aromatic heterocycles. The first kappa shape index (κ1) is 15.5. The molecule has 0 bridgehead atoms. The van der Waals surface area contributed by atoms with Crippen LogP contribution in [0.3, 0.4) is 0 Å². The van der Waals surface area contributed by atoms with E-state index >= 15 is 0 Å². The lowest BCUT2D eigenvalue weighted by Crippen LogP contribution is -2.20. The fourth-order valence-electron chi connectivity index (χ4n) is 2.19. The van der Waals surface area contributed by atoms with Crippen molar-refractivity contribution >= 4 is 0 Å². The molecule has 1 aromatic carbocycles. The van der Waals surface area contributed by atoms with Crippen molar-refractivity contribution in [1.29, 1.82) is 0 Å². The molecule has 4 heteroatoms. The molecule has 1 unspecified atom stereocenters. The Hall–Kier alpha value is -1.91. The monoisotopic (exact) mass is 286 g/mol. The SMILES string of the molecule is CNC(C)c1ccc(-c2ccn(CCOC)c(=O)c2)cc1. The molecule has 0 radical (unpaired) electrons. The third kappa shape index (κ3) is 3.80. The Labute approximate surface area is 125 Å². The highest BCUT2D eigenvalue weighted by Crippen LogP contribution is 2.20. The van der Waals surface area contributed by atoms with Crippen LogP contribution >= 0.6 is 0 Å². The normalized spacial score (nSPS) is 12.3. The largest absolute Gasteiger partial charge is 0.383 e. The second kappa shape index (κ2) is 7.20. The molecule has 2 rings (SSSR count). The second-order valence-electron chi connectivity index (χ2n) is 5.07. The minimum Gasteiger partial charge on any atom is -0.383 e. The van der Waals surface area contributed by atoms with Crippen molar-refractivity contribution < 1.29 is 4.74 Å². The minimum absolute atomic E-state index is 0.00257. The van der Waals surface area contributed by atoms with Gasteiger partial charge in [-0.25, -0.2) is 0 Å². The first-order valence-electron chi connectivity index (χ1n) is 7.12. The first-order chi connectivity index (χ1) is 10.2. The van der Waals surface area contributed by atoms with E-state index < -0.39 is 0 Å². The van der Waals surface area contributed by atoms with Gasteiger partial charge in [0.1, 0.15) is 0 Å². The number of benzene rings is 1.